The highest BCUT2D eigenvalue weighted by Gasteiger charge is 2.65. The highest BCUT2D eigenvalue weighted by Crippen LogP contribution is 2.55. The number of hydrogen-bond acceptors (Lipinski definition) is 3. The van der Waals surface area contributed by atoms with Crippen LogP contribution in [0.3, 0.4) is 0 Å². The van der Waals surface area contributed by atoms with Crippen molar-refractivity contribution in [3.05, 3.63) is 53.3 Å². The van der Waals surface area contributed by atoms with E-state index in [0.29, 0.717) is 0 Å². The van der Waals surface area contributed by atoms with E-state index in [1.165, 1.54) is 6.92 Å². The monoisotopic (exact) mass is 524 g/mol. The minimum atomic E-state index is -4.91. The van der Waals surface area contributed by atoms with E-state index in [1.807, 2.05) is 0 Å². The molecule has 0 aliphatic carbocycles. The van der Waals surface area contributed by atoms with Crippen LogP contribution in [0.4, 0.5) is 32.0 Å². The summed E-state index contributed by atoms with van der Waals surface area (Å²) in [5.74, 6) is -7.97. The molecule has 2 aromatic carbocycles. The van der Waals surface area contributed by atoms with E-state index in [1.54, 1.807) is 0 Å². The van der Waals surface area contributed by atoms with Gasteiger partial charge in [0.05, 0.1) is 7.11 Å². The third-order valence-corrected chi connectivity index (χ3v) is 6.83. The first-order valence-electron chi connectivity index (χ1n) is 10.1. The highest BCUT2D eigenvalue weighted by molar-refractivity contribution is 7.98. The summed E-state index contributed by atoms with van der Waals surface area (Å²) in [7, 11) is 1.02. The van der Waals surface area contributed by atoms with Gasteiger partial charge in [-0.15, -0.1) is 11.4 Å². The Morgan fingerprint density at radius 2 is 1.83 bits per heavy atom. The second-order valence-corrected chi connectivity index (χ2v) is 9.23. The van der Waals surface area contributed by atoms with E-state index >= 15 is 0 Å². The lowest BCUT2D eigenvalue weighted by Gasteiger charge is -2.32. The molecule has 192 valence electrons. The van der Waals surface area contributed by atoms with Gasteiger partial charge >= 0.3 is 6.18 Å². The standard InChI is InChI=1S/C22H22F6N2O4S/c1-9-15(11-5-7-13(24)16(25)17(11)33-3)18(34-21(9,2)22(26,27)28)19(31)30-10-4-6-12(23)14(8-10)35-20(29)32/h4-9,15,18,32,35H,29H2,1-3H3,(H,30,31)/t9-,15-,18+,21+/m0/s1. The van der Waals surface area contributed by atoms with Crippen LogP contribution in [-0.4, -0.2) is 41.2 Å². The summed E-state index contributed by atoms with van der Waals surface area (Å²) in [5, 5.41) is 11.0. The van der Waals surface area contributed by atoms with Gasteiger partial charge in [0, 0.05) is 28.0 Å². The van der Waals surface area contributed by atoms with Crippen molar-refractivity contribution in [1.82, 2.24) is 0 Å². The first-order chi connectivity index (χ1) is 16.2. The number of nitrogens with two attached hydrogens (primary N) is 1. The number of aliphatic hydroxyl groups excluding tert-OH is 1. The number of aliphatic hydroxyl groups is 1. The summed E-state index contributed by atoms with van der Waals surface area (Å²) < 4.78 is 94.3. The van der Waals surface area contributed by atoms with Crippen molar-refractivity contribution in [3.63, 3.8) is 0 Å². The molecule has 3 rings (SSSR count). The Morgan fingerprint density at radius 3 is 2.40 bits per heavy atom. The Balaban J connectivity index is 2.07. The van der Waals surface area contributed by atoms with E-state index in [2.05, 4.69) is 5.32 Å². The maximum Gasteiger partial charge on any atom is 0.417 e. The number of nitrogens with one attached hydrogen (secondary N) is 1. The number of amides is 1. The molecule has 0 aromatic heterocycles. The summed E-state index contributed by atoms with van der Waals surface area (Å²) in [6, 6.07) is 5.01. The molecule has 6 nitrogen and oxygen atoms in total. The second kappa shape index (κ2) is 9.80. The Morgan fingerprint density at radius 1 is 1.20 bits per heavy atom. The van der Waals surface area contributed by atoms with Gasteiger partial charge in [-0.05, 0) is 31.2 Å². The van der Waals surface area contributed by atoms with Crippen molar-refractivity contribution in [2.75, 3.05) is 12.4 Å². The molecule has 0 saturated carbocycles. The molecule has 1 aliphatic rings. The predicted octanol–water partition coefficient (Wildman–Crippen LogP) is 4.62. The third kappa shape index (κ3) is 5.03. The molecule has 0 unspecified atom stereocenters. The maximum absolute atomic E-state index is 14.4. The normalized spacial score (nSPS) is 25.2. The van der Waals surface area contributed by atoms with Gasteiger partial charge in [-0.25, -0.2) is 8.78 Å². The molecular weight excluding hydrogens is 502 g/mol. The molecule has 1 heterocycles. The first-order valence-corrected chi connectivity index (χ1v) is 11.0. The maximum atomic E-state index is 14.4. The van der Waals surface area contributed by atoms with Crippen molar-refractivity contribution in [1.29, 1.82) is 0 Å². The quantitative estimate of drug-likeness (QED) is 0.260. The average Bonchev–Trinajstić information content (AvgIpc) is 3.04. The summed E-state index contributed by atoms with van der Waals surface area (Å²) in [6.07, 6.45) is -6.72. The second-order valence-electron chi connectivity index (χ2n) is 8.07. The van der Waals surface area contributed by atoms with Crippen molar-refractivity contribution in [3.8, 4) is 5.75 Å². The van der Waals surface area contributed by atoms with Crippen molar-refractivity contribution >= 4 is 28.1 Å². The summed E-state index contributed by atoms with van der Waals surface area (Å²) >= 11 is -0.0927. The van der Waals surface area contributed by atoms with Gasteiger partial charge in [0.15, 0.2) is 17.2 Å². The number of alkyl halides is 3. The van der Waals surface area contributed by atoms with Crippen LogP contribution in [0.2, 0.25) is 0 Å². The van der Waals surface area contributed by atoms with Crippen LogP contribution >= 0.6 is 11.4 Å². The molecule has 0 bridgehead atoms. The number of benzene rings is 2. The SMILES string of the molecule is COc1c([C@H]2[C@H](C(=O)Nc3ccc(F)c([SH]=C(N)O)c3)O[C@@](C)(C(F)(F)F)[C@H]2C)ccc(F)c1F. The van der Waals surface area contributed by atoms with Gasteiger partial charge in [0.1, 0.15) is 17.1 Å². The van der Waals surface area contributed by atoms with Gasteiger partial charge in [0.2, 0.25) is 5.82 Å². The van der Waals surface area contributed by atoms with Crippen molar-refractivity contribution in [2.24, 2.45) is 11.7 Å². The predicted molar refractivity (Wildman–Crippen MR) is 118 cm³/mol. The van der Waals surface area contributed by atoms with Crippen LogP contribution < -0.4 is 15.8 Å². The number of rotatable bonds is 5. The van der Waals surface area contributed by atoms with Crippen LogP contribution in [0.5, 0.6) is 5.75 Å². The zero-order valence-electron chi connectivity index (χ0n) is 18.6. The van der Waals surface area contributed by atoms with Gasteiger partial charge in [0.25, 0.3) is 5.91 Å². The lowest BCUT2D eigenvalue weighted by atomic mass is 9.77. The number of hydrogen-bond donors (Lipinski definition) is 4. The number of halogens is 6. The Bertz CT molecular complexity index is 1170. The number of anilines is 1. The molecule has 35 heavy (non-hydrogen) atoms. The highest BCUT2D eigenvalue weighted by atomic mass is 32.1. The van der Waals surface area contributed by atoms with E-state index in [9.17, 15) is 36.2 Å². The molecule has 1 fully saturated rings. The lowest BCUT2D eigenvalue weighted by molar-refractivity contribution is -0.272. The Hall–Kier alpha value is -2.61. The Kier molecular flexibility index (Phi) is 7.56. The largest absolute Gasteiger partial charge is 0.493 e. The molecule has 0 radical (unpaired) electrons. The van der Waals surface area contributed by atoms with Gasteiger partial charge in [-0.1, -0.05) is 13.0 Å². The zero-order valence-corrected chi connectivity index (χ0v) is 19.5. The first kappa shape index (κ1) is 27.0. The van der Waals surface area contributed by atoms with Crippen molar-refractivity contribution in [2.45, 2.75) is 42.5 Å². The molecular formula is C22H22F6N2O4S. The number of thiol groups is 1. The summed E-state index contributed by atoms with van der Waals surface area (Å²) in [5.41, 5.74) is 2.15. The number of carbonyl (C=O) groups is 1. The number of methoxy groups -OCH3 is 1. The van der Waals surface area contributed by atoms with Gasteiger partial charge in [-0.2, -0.15) is 17.6 Å². The fraction of sp³-hybridized carbons (Fsp3) is 0.364. The molecule has 1 saturated heterocycles. The number of ether oxygens (including phenoxy) is 2. The summed E-state index contributed by atoms with van der Waals surface area (Å²) in [4.78, 5) is 13.0. The molecule has 4 atom stereocenters. The van der Waals surface area contributed by atoms with Gasteiger partial charge in [-0.3, -0.25) is 10.5 Å². The van der Waals surface area contributed by atoms with Crippen molar-refractivity contribution < 1.29 is 45.7 Å². The molecule has 2 aromatic rings. The lowest BCUT2D eigenvalue weighted by Crippen LogP contribution is -2.47. The fourth-order valence-corrected chi connectivity index (χ4v) is 4.68. The fourth-order valence-electron chi connectivity index (χ4n) is 4.05. The molecule has 4 N–H and O–H groups in total. The van der Waals surface area contributed by atoms with E-state index in [4.69, 9.17) is 15.2 Å². The van der Waals surface area contributed by atoms with E-state index < -0.39 is 64.0 Å². The molecule has 1 amide bonds. The smallest absolute Gasteiger partial charge is 0.417 e. The van der Waals surface area contributed by atoms with Crippen LogP contribution in [0.15, 0.2) is 35.2 Å². The molecule has 0 spiro atoms. The zero-order chi connectivity index (χ0) is 26.3. The minimum absolute atomic E-state index is 0.0204. The van der Waals surface area contributed by atoms with Crippen LogP contribution in [0.1, 0.15) is 25.3 Å². The van der Waals surface area contributed by atoms with E-state index in [0.717, 1.165) is 44.4 Å². The summed E-state index contributed by atoms with van der Waals surface area (Å²) in [6.45, 7) is 1.94. The number of carbonyl (C=O) groups excluding carboxylic acids is 1. The Labute approximate surface area is 200 Å². The topological polar surface area (TPSA) is 93.8 Å². The molecule has 1 aliphatic heterocycles. The minimum Gasteiger partial charge on any atom is -0.493 e. The third-order valence-electron chi connectivity index (χ3n) is 6.02. The van der Waals surface area contributed by atoms with Gasteiger partial charge < -0.3 is 19.9 Å². The van der Waals surface area contributed by atoms with Crippen LogP contribution in [-0.2, 0) is 9.53 Å². The van der Waals surface area contributed by atoms with Crippen LogP contribution in [0.25, 0.3) is 0 Å². The average molecular weight is 524 g/mol. The molecule has 13 heteroatoms. The van der Waals surface area contributed by atoms with Crippen LogP contribution in [0, 0.1) is 23.4 Å². The van der Waals surface area contributed by atoms with E-state index in [-0.39, 0.29) is 27.5 Å².